The maximum absolute atomic E-state index is 6.78. The maximum Gasteiger partial charge on any atom is 0.164 e. The Hall–Kier alpha value is -5.58. The minimum absolute atomic E-state index is 0.543. The molecule has 0 N–H and O–H groups in total. The van der Waals surface area contributed by atoms with Crippen molar-refractivity contribution < 1.29 is 4.42 Å². The molecule has 0 saturated heterocycles. The summed E-state index contributed by atoms with van der Waals surface area (Å²) in [6, 6.07) is 45.4. The first-order valence-corrected chi connectivity index (χ1v) is 14.9. The number of fused-ring (bicyclic) bond motifs is 7. The lowest BCUT2D eigenvalue weighted by atomic mass is 10.0. The molecule has 9 rings (SSSR count). The first-order valence-electron chi connectivity index (χ1n) is 14.5. The van der Waals surface area contributed by atoms with Crippen molar-refractivity contribution in [2.45, 2.75) is 0 Å². The van der Waals surface area contributed by atoms with Crippen molar-refractivity contribution in [3.63, 3.8) is 0 Å². The van der Waals surface area contributed by atoms with E-state index in [9.17, 15) is 0 Å². The zero-order valence-electron chi connectivity index (χ0n) is 23.3. The molecule has 2 heterocycles. The standard InChI is InChI=1S/C39H22ClN3O/c40-33-22-21-32(34-31-20-19-25-11-3-6-16-28(25)35(31)44-36(33)34)39-42-37(29-17-7-12-23-9-1-4-14-26(23)29)41-38(43-39)30-18-8-13-24-10-2-5-15-27(24)30/h1-22H. The van der Waals surface area contributed by atoms with Crippen molar-refractivity contribution in [1.82, 2.24) is 15.0 Å². The molecular formula is C39H22ClN3O. The van der Waals surface area contributed by atoms with Crippen molar-refractivity contribution in [3.05, 3.63) is 138 Å². The van der Waals surface area contributed by atoms with Gasteiger partial charge in [0.1, 0.15) is 5.58 Å². The molecule has 0 bridgehead atoms. The van der Waals surface area contributed by atoms with E-state index in [1.54, 1.807) is 0 Å². The van der Waals surface area contributed by atoms with Crippen LogP contribution < -0.4 is 0 Å². The van der Waals surface area contributed by atoms with Crippen molar-refractivity contribution in [2.24, 2.45) is 0 Å². The molecule has 44 heavy (non-hydrogen) atoms. The highest BCUT2D eigenvalue weighted by Gasteiger charge is 2.21. The van der Waals surface area contributed by atoms with Crippen LogP contribution in [-0.4, -0.2) is 15.0 Å². The highest BCUT2D eigenvalue weighted by atomic mass is 35.5. The summed E-state index contributed by atoms with van der Waals surface area (Å²) in [6.07, 6.45) is 0. The number of halogens is 1. The van der Waals surface area contributed by atoms with E-state index in [1.807, 2.05) is 60.7 Å². The topological polar surface area (TPSA) is 51.8 Å². The molecule has 9 aromatic rings. The van der Waals surface area contributed by atoms with Gasteiger partial charge in [-0.1, -0.05) is 127 Å². The molecule has 206 valence electrons. The Bertz CT molecular complexity index is 2480. The van der Waals surface area contributed by atoms with Crippen LogP contribution in [0, 0.1) is 0 Å². The third-order valence-corrected chi connectivity index (χ3v) is 8.70. The van der Waals surface area contributed by atoms with Gasteiger partial charge in [0.25, 0.3) is 0 Å². The van der Waals surface area contributed by atoms with Crippen LogP contribution in [0.25, 0.3) is 88.4 Å². The highest BCUT2D eigenvalue weighted by Crippen LogP contribution is 2.42. The lowest BCUT2D eigenvalue weighted by Gasteiger charge is -2.12. The largest absolute Gasteiger partial charge is 0.454 e. The third-order valence-electron chi connectivity index (χ3n) is 8.40. The van der Waals surface area contributed by atoms with Gasteiger partial charge in [0.2, 0.25) is 0 Å². The molecule has 0 saturated carbocycles. The Balaban J connectivity index is 1.39. The van der Waals surface area contributed by atoms with Gasteiger partial charge in [0, 0.05) is 32.8 Å². The summed E-state index contributed by atoms with van der Waals surface area (Å²) >= 11 is 6.78. The Labute approximate surface area is 257 Å². The number of hydrogen-bond acceptors (Lipinski definition) is 4. The molecule has 0 aliphatic rings. The molecule has 0 atom stereocenters. The molecule has 0 amide bonds. The van der Waals surface area contributed by atoms with Crippen molar-refractivity contribution >= 4 is 65.9 Å². The fourth-order valence-corrected chi connectivity index (χ4v) is 6.54. The van der Waals surface area contributed by atoms with Gasteiger partial charge in [0.05, 0.1) is 5.02 Å². The summed E-state index contributed by atoms with van der Waals surface area (Å²) in [5.41, 5.74) is 4.14. The van der Waals surface area contributed by atoms with E-state index in [0.29, 0.717) is 28.1 Å². The lowest BCUT2D eigenvalue weighted by Crippen LogP contribution is -2.01. The van der Waals surface area contributed by atoms with Crippen molar-refractivity contribution in [3.8, 4) is 34.2 Å². The fraction of sp³-hybridized carbons (Fsp3) is 0. The Morgan fingerprint density at radius 1 is 0.386 bits per heavy atom. The SMILES string of the molecule is Clc1ccc(-c2nc(-c3cccc4ccccc34)nc(-c3cccc4ccccc34)n2)c2c1oc1c3ccccc3ccc12. The first-order chi connectivity index (χ1) is 21.7. The van der Waals surface area contributed by atoms with Crippen LogP contribution in [-0.2, 0) is 0 Å². The number of rotatable bonds is 3. The lowest BCUT2D eigenvalue weighted by molar-refractivity contribution is 0.673. The zero-order valence-corrected chi connectivity index (χ0v) is 24.1. The summed E-state index contributed by atoms with van der Waals surface area (Å²) < 4.78 is 6.50. The van der Waals surface area contributed by atoms with Gasteiger partial charge in [-0.05, 0) is 45.1 Å². The second-order valence-corrected chi connectivity index (χ2v) is 11.3. The summed E-state index contributed by atoms with van der Waals surface area (Å²) in [6.45, 7) is 0. The van der Waals surface area contributed by atoms with E-state index in [2.05, 4.69) is 72.8 Å². The average molecular weight is 584 g/mol. The molecule has 0 spiro atoms. The van der Waals surface area contributed by atoms with Crippen LogP contribution in [0.3, 0.4) is 0 Å². The van der Waals surface area contributed by atoms with Gasteiger partial charge in [-0.3, -0.25) is 0 Å². The normalized spacial score (nSPS) is 11.8. The van der Waals surface area contributed by atoms with Crippen LogP contribution in [0.4, 0.5) is 0 Å². The van der Waals surface area contributed by atoms with Crippen molar-refractivity contribution in [2.75, 3.05) is 0 Å². The van der Waals surface area contributed by atoms with Gasteiger partial charge in [-0.25, -0.2) is 15.0 Å². The zero-order chi connectivity index (χ0) is 29.2. The van der Waals surface area contributed by atoms with Gasteiger partial charge in [-0.2, -0.15) is 0 Å². The Kier molecular flexibility index (Phi) is 5.52. The van der Waals surface area contributed by atoms with E-state index in [1.165, 1.54) is 0 Å². The fourth-order valence-electron chi connectivity index (χ4n) is 6.34. The average Bonchev–Trinajstić information content (AvgIpc) is 3.49. The molecule has 0 radical (unpaired) electrons. The number of nitrogens with zero attached hydrogens (tertiary/aromatic N) is 3. The molecular weight excluding hydrogens is 562 g/mol. The molecule has 5 heteroatoms. The molecule has 7 aromatic carbocycles. The van der Waals surface area contributed by atoms with E-state index < -0.39 is 0 Å². The minimum Gasteiger partial charge on any atom is -0.454 e. The second-order valence-electron chi connectivity index (χ2n) is 10.9. The summed E-state index contributed by atoms with van der Waals surface area (Å²) in [4.78, 5) is 15.4. The molecule has 0 unspecified atom stereocenters. The van der Waals surface area contributed by atoms with Crippen LogP contribution in [0.15, 0.2) is 138 Å². The maximum atomic E-state index is 6.78. The third kappa shape index (κ3) is 3.82. The predicted molar refractivity (Wildman–Crippen MR) is 181 cm³/mol. The molecule has 0 fully saturated rings. The van der Waals surface area contributed by atoms with Crippen LogP contribution in [0.1, 0.15) is 0 Å². The van der Waals surface area contributed by atoms with Gasteiger partial charge in [-0.15, -0.1) is 0 Å². The molecule has 2 aromatic heterocycles. The van der Waals surface area contributed by atoms with Gasteiger partial charge >= 0.3 is 0 Å². The highest BCUT2D eigenvalue weighted by molar-refractivity contribution is 6.37. The minimum atomic E-state index is 0.543. The van der Waals surface area contributed by atoms with E-state index in [-0.39, 0.29) is 0 Å². The molecule has 4 nitrogen and oxygen atoms in total. The molecule has 0 aliphatic carbocycles. The van der Waals surface area contributed by atoms with Crippen LogP contribution in [0.2, 0.25) is 5.02 Å². The predicted octanol–water partition coefficient (Wildman–Crippen LogP) is 10.9. The van der Waals surface area contributed by atoms with Gasteiger partial charge in [0.15, 0.2) is 23.1 Å². The van der Waals surface area contributed by atoms with E-state index >= 15 is 0 Å². The summed E-state index contributed by atoms with van der Waals surface area (Å²) in [5.74, 6) is 1.77. The summed E-state index contributed by atoms with van der Waals surface area (Å²) in [7, 11) is 0. The van der Waals surface area contributed by atoms with E-state index in [4.69, 9.17) is 31.0 Å². The van der Waals surface area contributed by atoms with Gasteiger partial charge < -0.3 is 4.42 Å². The smallest absolute Gasteiger partial charge is 0.164 e. The number of hydrogen-bond donors (Lipinski definition) is 0. The van der Waals surface area contributed by atoms with Crippen molar-refractivity contribution in [1.29, 1.82) is 0 Å². The molecule has 0 aliphatic heterocycles. The van der Waals surface area contributed by atoms with Crippen LogP contribution in [0.5, 0.6) is 0 Å². The van der Waals surface area contributed by atoms with E-state index in [0.717, 1.165) is 65.4 Å². The monoisotopic (exact) mass is 583 g/mol. The Morgan fingerprint density at radius 2 is 0.886 bits per heavy atom. The number of aromatic nitrogens is 3. The van der Waals surface area contributed by atoms with Crippen LogP contribution >= 0.6 is 11.6 Å². The Morgan fingerprint density at radius 3 is 1.50 bits per heavy atom. The number of benzene rings is 7. The number of furan rings is 1. The summed E-state index contributed by atoms with van der Waals surface area (Å²) in [5, 5.41) is 8.95. The quantitative estimate of drug-likeness (QED) is 0.207. The second kappa shape index (κ2) is 9.73. The first kappa shape index (κ1) is 25.0.